The zero-order valence-electron chi connectivity index (χ0n) is 17.4. The summed E-state index contributed by atoms with van der Waals surface area (Å²) in [6, 6.07) is 16.4. The topological polar surface area (TPSA) is 59.9 Å². The number of anilines is 1. The molecule has 1 aliphatic heterocycles. The average molecular weight is 508 g/mol. The van der Waals surface area contributed by atoms with Crippen LogP contribution in [0.1, 0.15) is 43.9 Å². The van der Waals surface area contributed by atoms with Crippen molar-refractivity contribution in [1.82, 2.24) is 10.6 Å². The van der Waals surface area contributed by atoms with Gasteiger partial charge in [-0.3, -0.25) is 4.99 Å². The van der Waals surface area contributed by atoms with Crippen molar-refractivity contribution in [1.29, 1.82) is 0 Å². The van der Waals surface area contributed by atoms with Crippen LogP contribution in [0.2, 0.25) is 0 Å². The molecule has 1 atom stereocenters. The fraction of sp³-hybridized carbons (Fsp3) is 0.435. The Hall–Kier alpha value is -1.96. The number of hydrogen-bond donors (Lipinski definition) is 3. The van der Waals surface area contributed by atoms with Gasteiger partial charge in [0.05, 0.1) is 6.04 Å². The van der Waals surface area contributed by atoms with Crippen LogP contribution in [0, 0.1) is 0 Å². The number of phenolic OH excluding ortho intramolecular Hbond substituents is 1. The highest BCUT2D eigenvalue weighted by atomic mass is 127. The Morgan fingerprint density at radius 3 is 2.62 bits per heavy atom. The van der Waals surface area contributed by atoms with Crippen LogP contribution in [0.15, 0.2) is 53.5 Å². The molecule has 1 heterocycles. The van der Waals surface area contributed by atoms with E-state index in [4.69, 9.17) is 4.99 Å². The summed E-state index contributed by atoms with van der Waals surface area (Å²) in [5.41, 5.74) is 3.67. The second kappa shape index (κ2) is 11.9. The lowest BCUT2D eigenvalue weighted by Gasteiger charge is -2.22. The predicted molar refractivity (Wildman–Crippen MR) is 133 cm³/mol. The first kappa shape index (κ1) is 23.3. The Morgan fingerprint density at radius 1 is 1.14 bits per heavy atom. The molecule has 29 heavy (non-hydrogen) atoms. The van der Waals surface area contributed by atoms with Crippen molar-refractivity contribution in [3.63, 3.8) is 0 Å². The van der Waals surface area contributed by atoms with Crippen LogP contribution in [0.5, 0.6) is 5.75 Å². The molecule has 3 rings (SSSR count). The Kier molecular flexibility index (Phi) is 9.57. The summed E-state index contributed by atoms with van der Waals surface area (Å²) in [4.78, 5) is 7.17. The van der Waals surface area contributed by atoms with Gasteiger partial charge in [-0.15, -0.1) is 24.0 Å². The number of hydrogen-bond acceptors (Lipinski definition) is 3. The van der Waals surface area contributed by atoms with Gasteiger partial charge in [0.15, 0.2) is 5.96 Å². The van der Waals surface area contributed by atoms with E-state index in [2.05, 4.69) is 53.6 Å². The third-order valence-electron chi connectivity index (χ3n) is 5.12. The Balaban J connectivity index is 0.00000300. The van der Waals surface area contributed by atoms with Gasteiger partial charge in [-0.1, -0.05) is 24.3 Å². The van der Waals surface area contributed by atoms with Crippen LogP contribution in [0.25, 0.3) is 0 Å². The molecule has 5 nitrogen and oxygen atoms in total. The molecule has 0 bridgehead atoms. The van der Waals surface area contributed by atoms with Gasteiger partial charge in [-0.2, -0.15) is 0 Å². The number of nitrogens with zero attached hydrogens (tertiary/aromatic N) is 2. The van der Waals surface area contributed by atoms with Gasteiger partial charge in [0.25, 0.3) is 0 Å². The van der Waals surface area contributed by atoms with Gasteiger partial charge in [0.1, 0.15) is 5.75 Å². The van der Waals surface area contributed by atoms with Crippen LogP contribution >= 0.6 is 24.0 Å². The minimum atomic E-state index is 0. The normalized spacial score (nSPS) is 15.0. The minimum absolute atomic E-state index is 0. The molecule has 0 amide bonds. The van der Waals surface area contributed by atoms with E-state index in [-0.39, 0.29) is 30.0 Å². The van der Waals surface area contributed by atoms with E-state index in [0.717, 1.165) is 37.6 Å². The number of halogens is 1. The number of rotatable bonds is 7. The van der Waals surface area contributed by atoms with Crippen molar-refractivity contribution in [3.05, 3.63) is 59.7 Å². The molecule has 1 unspecified atom stereocenters. The minimum Gasteiger partial charge on any atom is -0.508 e. The first-order chi connectivity index (χ1) is 13.7. The molecule has 158 valence electrons. The van der Waals surface area contributed by atoms with Gasteiger partial charge in [0.2, 0.25) is 0 Å². The summed E-state index contributed by atoms with van der Waals surface area (Å²) in [7, 11) is 0. The standard InChI is InChI=1S/C23H32N4O.HI/c1-3-24-23(25-13-12-19-8-6-11-22(28)16-19)26-18(2)20-9-7-10-21(17-20)27-14-4-5-15-27;/h6-11,16-18,28H,3-5,12-15H2,1-2H3,(H2,24,25,26);1H. The number of aromatic hydroxyl groups is 1. The van der Waals surface area contributed by atoms with Crippen molar-refractivity contribution in [2.75, 3.05) is 31.1 Å². The van der Waals surface area contributed by atoms with Crippen LogP contribution in [-0.4, -0.2) is 37.2 Å². The smallest absolute Gasteiger partial charge is 0.191 e. The Bertz CT molecular complexity index is 790. The Morgan fingerprint density at radius 2 is 1.90 bits per heavy atom. The summed E-state index contributed by atoms with van der Waals surface area (Å²) in [5, 5.41) is 16.4. The monoisotopic (exact) mass is 508 g/mol. The van der Waals surface area contributed by atoms with E-state index >= 15 is 0 Å². The van der Waals surface area contributed by atoms with E-state index in [1.54, 1.807) is 12.1 Å². The lowest BCUT2D eigenvalue weighted by molar-refractivity contribution is 0.474. The molecular weight excluding hydrogens is 475 g/mol. The fourth-order valence-corrected chi connectivity index (χ4v) is 3.58. The van der Waals surface area contributed by atoms with E-state index in [1.165, 1.54) is 24.1 Å². The lowest BCUT2D eigenvalue weighted by atomic mass is 10.1. The number of nitrogens with one attached hydrogen (secondary N) is 2. The number of benzene rings is 2. The average Bonchev–Trinajstić information content (AvgIpc) is 3.23. The summed E-state index contributed by atoms with van der Waals surface area (Å²) in [5.74, 6) is 1.12. The van der Waals surface area contributed by atoms with E-state index < -0.39 is 0 Å². The molecule has 1 aliphatic rings. The highest BCUT2D eigenvalue weighted by Crippen LogP contribution is 2.24. The third kappa shape index (κ3) is 7.10. The number of aliphatic imine (C=N–C) groups is 1. The summed E-state index contributed by atoms with van der Waals surface area (Å²) in [6.45, 7) is 8.04. The van der Waals surface area contributed by atoms with Crippen molar-refractivity contribution in [2.45, 2.75) is 39.2 Å². The fourth-order valence-electron chi connectivity index (χ4n) is 3.58. The molecule has 1 fully saturated rings. The second-order valence-corrected chi connectivity index (χ2v) is 7.34. The van der Waals surface area contributed by atoms with E-state index in [9.17, 15) is 5.11 Å². The van der Waals surface area contributed by atoms with Crippen LogP contribution in [0.3, 0.4) is 0 Å². The lowest BCUT2D eigenvalue weighted by Crippen LogP contribution is -2.39. The van der Waals surface area contributed by atoms with Crippen LogP contribution in [-0.2, 0) is 6.42 Å². The van der Waals surface area contributed by atoms with Crippen LogP contribution in [0.4, 0.5) is 5.69 Å². The highest BCUT2D eigenvalue weighted by molar-refractivity contribution is 14.0. The van der Waals surface area contributed by atoms with Crippen molar-refractivity contribution in [3.8, 4) is 5.75 Å². The molecule has 6 heteroatoms. The zero-order chi connectivity index (χ0) is 19.8. The molecule has 2 aromatic carbocycles. The highest BCUT2D eigenvalue weighted by Gasteiger charge is 2.14. The van der Waals surface area contributed by atoms with Crippen molar-refractivity contribution in [2.24, 2.45) is 4.99 Å². The van der Waals surface area contributed by atoms with Gasteiger partial charge < -0.3 is 20.6 Å². The molecule has 2 aromatic rings. The van der Waals surface area contributed by atoms with Crippen molar-refractivity contribution < 1.29 is 5.11 Å². The molecule has 3 N–H and O–H groups in total. The van der Waals surface area contributed by atoms with Gasteiger partial charge in [0, 0.05) is 31.9 Å². The van der Waals surface area contributed by atoms with Crippen LogP contribution < -0.4 is 15.5 Å². The maximum absolute atomic E-state index is 9.59. The van der Waals surface area contributed by atoms with Gasteiger partial charge >= 0.3 is 0 Å². The Labute approximate surface area is 191 Å². The van der Waals surface area contributed by atoms with Gasteiger partial charge in [-0.25, -0.2) is 0 Å². The zero-order valence-corrected chi connectivity index (χ0v) is 19.7. The summed E-state index contributed by atoms with van der Waals surface area (Å²) < 4.78 is 0. The first-order valence-electron chi connectivity index (χ1n) is 10.3. The molecule has 0 saturated carbocycles. The molecule has 0 spiro atoms. The molecule has 1 saturated heterocycles. The quantitative estimate of drug-likeness (QED) is 0.294. The summed E-state index contributed by atoms with van der Waals surface area (Å²) >= 11 is 0. The maximum Gasteiger partial charge on any atom is 0.191 e. The van der Waals surface area contributed by atoms with E-state index in [0.29, 0.717) is 12.3 Å². The summed E-state index contributed by atoms with van der Waals surface area (Å²) in [6.07, 6.45) is 3.37. The van der Waals surface area contributed by atoms with Crippen molar-refractivity contribution >= 4 is 35.6 Å². The largest absolute Gasteiger partial charge is 0.508 e. The maximum atomic E-state index is 9.59. The second-order valence-electron chi connectivity index (χ2n) is 7.34. The molecule has 0 aliphatic carbocycles. The third-order valence-corrected chi connectivity index (χ3v) is 5.12. The molecule has 0 radical (unpaired) electrons. The SMILES string of the molecule is CCNC(=NCCc1cccc(O)c1)NC(C)c1cccc(N2CCCC2)c1.I. The molecular formula is C23H33IN4O. The first-order valence-corrected chi connectivity index (χ1v) is 10.3. The molecule has 0 aromatic heterocycles. The number of phenols is 1. The van der Waals surface area contributed by atoms with Gasteiger partial charge in [-0.05, 0) is 68.5 Å². The number of guanidine groups is 1. The van der Waals surface area contributed by atoms with E-state index in [1.807, 2.05) is 12.1 Å². The predicted octanol–water partition coefficient (Wildman–Crippen LogP) is 4.47.